The van der Waals surface area contributed by atoms with Crippen molar-refractivity contribution in [3.05, 3.63) is 76.2 Å². The Morgan fingerprint density at radius 3 is 2.59 bits per heavy atom. The highest BCUT2D eigenvalue weighted by Crippen LogP contribution is 2.23. The minimum absolute atomic E-state index is 0.272. The van der Waals surface area contributed by atoms with E-state index >= 15 is 0 Å². The van der Waals surface area contributed by atoms with Gasteiger partial charge in [0.15, 0.2) is 5.82 Å². The van der Waals surface area contributed by atoms with Crippen molar-refractivity contribution in [2.75, 3.05) is 5.32 Å². The lowest BCUT2D eigenvalue weighted by Gasteiger charge is -2.10. The Hall–Kier alpha value is -3.06. The van der Waals surface area contributed by atoms with E-state index in [-0.39, 0.29) is 5.82 Å². The average Bonchev–Trinajstić information content (AvgIpc) is 3.09. The van der Waals surface area contributed by atoms with Crippen LogP contribution in [0.1, 0.15) is 16.8 Å². The monoisotopic (exact) mass is 382 g/mol. The molecule has 4 aromatic rings. The van der Waals surface area contributed by atoms with Crippen LogP contribution in [0, 0.1) is 12.7 Å². The van der Waals surface area contributed by atoms with Gasteiger partial charge in [-0.2, -0.15) is 5.10 Å². The average molecular weight is 383 g/mol. The first-order valence-corrected chi connectivity index (χ1v) is 8.78. The molecule has 8 heteroatoms. The Labute approximate surface area is 160 Å². The second-order valence-corrected chi connectivity index (χ2v) is 6.56. The Morgan fingerprint density at radius 1 is 1.04 bits per heavy atom. The van der Waals surface area contributed by atoms with Gasteiger partial charge >= 0.3 is 0 Å². The lowest BCUT2D eigenvalue weighted by Crippen LogP contribution is -2.08. The molecule has 27 heavy (non-hydrogen) atoms. The van der Waals surface area contributed by atoms with Crippen LogP contribution in [0.3, 0.4) is 0 Å². The number of nitrogens with zero attached hydrogens (tertiary/aromatic N) is 5. The highest BCUT2D eigenvalue weighted by molar-refractivity contribution is 6.31. The molecule has 0 unspecified atom stereocenters. The van der Waals surface area contributed by atoms with Crippen molar-refractivity contribution >= 4 is 28.5 Å². The summed E-state index contributed by atoms with van der Waals surface area (Å²) in [5.74, 6) is 0.300. The number of halogens is 2. The molecule has 0 fully saturated rings. The minimum atomic E-state index is -0.272. The first kappa shape index (κ1) is 17.4. The summed E-state index contributed by atoms with van der Waals surface area (Å²) in [6.45, 7) is 2.78. The van der Waals surface area contributed by atoms with Crippen LogP contribution in [-0.2, 0) is 13.1 Å². The number of hydrogen-bond donors (Lipinski definition) is 1. The molecule has 0 spiro atoms. The summed E-state index contributed by atoms with van der Waals surface area (Å²) < 4.78 is 14.9. The zero-order valence-electron chi connectivity index (χ0n) is 14.5. The van der Waals surface area contributed by atoms with E-state index in [0.29, 0.717) is 35.1 Å². The van der Waals surface area contributed by atoms with E-state index in [2.05, 4.69) is 25.8 Å². The molecule has 0 atom stereocenters. The van der Waals surface area contributed by atoms with E-state index in [1.165, 1.54) is 12.1 Å². The third-order valence-corrected chi connectivity index (χ3v) is 4.62. The normalized spacial score (nSPS) is 11.1. The quantitative estimate of drug-likeness (QED) is 0.565. The molecule has 0 saturated carbocycles. The van der Waals surface area contributed by atoms with Gasteiger partial charge in [-0.1, -0.05) is 47.1 Å². The van der Waals surface area contributed by atoms with Crippen molar-refractivity contribution in [3.63, 3.8) is 0 Å². The van der Waals surface area contributed by atoms with Crippen LogP contribution in [0.5, 0.6) is 0 Å². The Balaban J connectivity index is 1.68. The van der Waals surface area contributed by atoms with Crippen molar-refractivity contribution in [1.82, 2.24) is 25.2 Å². The van der Waals surface area contributed by atoms with Gasteiger partial charge in [0, 0.05) is 11.6 Å². The Bertz CT molecular complexity index is 1090. The fourth-order valence-electron chi connectivity index (χ4n) is 2.82. The van der Waals surface area contributed by atoms with E-state index in [0.717, 1.165) is 16.6 Å². The third-order valence-electron chi connectivity index (χ3n) is 4.25. The topological polar surface area (TPSA) is 68.5 Å². The number of fused-ring (bicyclic) bond motifs is 1. The molecule has 136 valence electrons. The summed E-state index contributed by atoms with van der Waals surface area (Å²) in [5.41, 5.74) is 3.98. The number of aromatic nitrogens is 5. The predicted octanol–water partition coefficient (Wildman–Crippen LogP) is 3.98. The zero-order valence-corrected chi connectivity index (χ0v) is 15.3. The van der Waals surface area contributed by atoms with Gasteiger partial charge in [-0.25, -0.2) is 9.07 Å². The maximum Gasteiger partial charge on any atom is 0.176 e. The molecule has 4 rings (SSSR count). The molecule has 0 radical (unpaired) electrons. The maximum atomic E-state index is 13.2. The number of anilines is 1. The summed E-state index contributed by atoms with van der Waals surface area (Å²) in [6, 6.07) is 13.9. The SMILES string of the molecule is Cc1nnc(NCc2ccccc2Cl)c2c1nnn2Cc1ccc(F)cc1. The molecule has 0 amide bonds. The number of benzene rings is 2. The van der Waals surface area contributed by atoms with Gasteiger partial charge in [0.25, 0.3) is 0 Å². The molecule has 2 aromatic carbocycles. The number of nitrogens with one attached hydrogen (secondary N) is 1. The van der Waals surface area contributed by atoms with E-state index in [4.69, 9.17) is 11.6 Å². The number of aryl methyl sites for hydroxylation is 1. The predicted molar refractivity (Wildman–Crippen MR) is 102 cm³/mol. The van der Waals surface area contributed by atoms with E-state index < -0.39 is 0 Å². The minimum Gasteiger partial charge on any atom is -0.363 e. The number of hydrogen-bond acceptors (Lipinski definition) is 5. The molecule has 6 nitrogen and oxygen atoms in total. The number of rotatable bonds is 5. The molecular formula is C19H16ClFN6. The van der Waals surface area contributed by atoms with Crippen LogP contribution in [0.4, 0.5) is 10.2 Å². The van der Waals surface area contributed by atoms with Crippen LogP contribution in [0.25, 0.3) is 11.0 Å². The fraction of sp³-hybridized carbons (Fsp3) is 0.158. The Kier molecular flexibility index (Phi) is 4.68. The molecule has 2 heterocycles. The van der Waals surface area contributed by atoms with Crippen LogP contribution in [-0.4, -0.2) is 25.2 Å². The highest BCUT2D eigenvalue weighted by atomic mass is 35.5. The Morgan fingerprint density at radius 2 is 1.81 bits per heavy atom. The molecule has 0 saturated heterocycles. The highest BCUT2D eigenvalue weighted by Gasteiger charge is 2.15. The fourth-order valence-corrected chi connectivity index (χ4v) is 3.03. The molecule has 0 aliphatic heterocycles. The van der Waals surface area contributed by atoms with E-state index in [9.17, 15) is 4.39 Å². The van der Waals surface area contributed by atoms with E-state index in [1.54, 1.807) is 16.8 Å². The van der Waals surface area contributed by atoms with Crippen molar-refractivity contribution in [1.29, 1.82) is 0 Å². The molecular weight excluding hydrogens is 367 g/mol. The lowest BCUT2D eigenvalue weighted by atomic mass is 10.2. The van der Waals surface area contributed by atoms with Gasteiger partial charge in [0.2, 0.25) is 0 Å². The lowest BCUT2D eigenvalue weighted by molar-refractivity contribution is 0.624. The largest absolute Gasteiger partial charge is 0.363 e. The van der Waals surface area contributed by atoms with Gasteiger partial charge in [-0.15, -0.1) is 10.2 Å². The smallest absolute Gasteiger partial charge is 0.176 e. The molecule has 0 aliphatic carbocycles. The van der Waals surface area contributed by atoms with Crippen LogP contribution >= 0.6 is 11.6 Å². The second-order valence-electron chi connectivity index (χ2n) is 6.15. The molecule has 0 bridgehead atoms. The first-order valence-electron chi connectivity index (χ1n) is 8.40. The van der Waals surface area contributed by atoms with Gasteiger partial charge in [0.05, 0.1) is 12.2 Å². The summed E-state index contributed by atoms with van der Waals surface area (Å²) in [5, 5.41) is 20.9. The summed E-state index contributed by atoms with van der Waals surface area (Å²) >= 11 is 6.23. The van der Waals surface area contributed by atoms with Gasteiger partial charge < -0.3 is 5.32 Å². The van der Waals surface area contributed by atoms with Crippen molar-refractivity contribution in [2.24, 2.45) is 0 Å². The van der Waals surface area contributed by atoms with Crippen LogP contribution < -0.4 is 5.32 Å². The third kappa shape index (κ3) is 3.59. The molecule has 0 aliphatic rings. The van der Waals surface area contributed by atoms with Gasteiger partial charge in [-0.3, -0.25) is 0 Å². The summed E-state index contributed by atoms with van der Waals surface area (Å²) in [6.07, 6.45) is 0. The molecule has 2 aromatic heterocycles. The van der Waals surface area contributed by atoms with Crippen LogP contribution in [0.15, 0.2) is 48.5 Å². The van der Waals surface area contributed by atoms with Gasteiger partial charge in [0.1, 0.15) is 16.9 Å². The van der Waals surface area contributed by atoms with Gasteiger partial charge in [-0.05, 0) is 36.2 Å². The van der Waals surface area contributed by atoms with Crippen molar-refractivity contribution in [3.8, 4) is 0 Å². The second kappa shape index (κ2) is 7.28. The molecule has 1 N–H and O–H groups in total. The first-order chi connectivity index (χ1) is 13.1. The van der Waals surface area contributed by atoms with E-state index in [1.807, 2.05) is 31.2 Å². The summed E-state index contributed by atoms with van der Waals surface area (Å²) in [4.78, 5) is 0. The van der Waals surface area contributed by atoms with Crippen molar-refractivity contribution in [2.45, 2.75) is 20.0 Å². The summed E-state index contributed by atoms with van der Waals surface area (Å²) in [7, 11) is 0. The zero-order chi connectivity index (χ0) is 18.8. The maximum absolute atomic E-state index is 13.2. The van der Waals surface area contributed by atoms with Crippen LogP contribution in [0.2, 0.25) is 5.02 Å². The standard InChI is InChI=1S/C19H16ClFN6/c1-12-17-18(27(26-24-17)11-13-6-8-15(21)9-7-13)19(25-23-12)22-10-14-4-2-3-5-16(14)20/h2-9H,10-11H2,1H3,(H,22,25). The van der Waals surface area contributed by atoms with Crippen molar-refractivity contribution < 1.29 is 4.39 Å².